The van der Waals surface area contributed by atoms with Crippen LogP contribution in [0.5, 0.6) is 0 Å². The first-order valence-corrected chi connectivity index (χ1v) is 25.0. The molecule has 69 heavy (non-hydrogen) atoms. The van der Waals surface area contributed by atoms with E-state index in [2.05, 4.69) is 223 Å². The van der Waals surface area contributed by atoms with Gasteiger partial charge in [-0.3, -0.25) is 0 Å². The van der Waals surface area contributed by atoms with E-state index in [4.69, 9.17) is 4.42 Å². The molecular formula is C67H47NO. The molecule has 2 nitrogen and oxygen atoms in total. The molecule has 0 bridgehead atoms. The summed E-state index contributed by atoms with van der Waals surface area (Å²) in [5.41, 5.74) is 21.7. The second kappa shape index (κ2) is 13.8. The number of hydrogen-bond acceptors (Lipinski definition) is 2. The van der Waals surface area contributed by atoms with Gasteiger partial charge in [-0.15, -0.1) is 0 Å². The minimum Gasteiger partial charge on any atom is -0.455 e. The van der Waals surface area contributed by atoms with Gasteiger partial charge in [-0.25, -0.2) is 0 Å². The standard InChI is InChI=1S/C67H47NO/c1-2-15-41(16-3-1)49-23-12-17-43-18-13-25-55(64(43)49)53-21-6-10-29-60(53)68(47-34-31-42(32-35-47)50-24-14-26-56-54-22-7-11-30-61(54)69-65(50)56)59-28-9-5-19-48(59)44-33-36-52-51-20-4-8-27-57(51)67(58(52)37-44)62-39-45-38-46-40-63(67)66(45,46)62/h1-37,45-46,62-63H,38-40H2. The summed E-state index contributed by atoms with van der Waals surface area (Å²) in [6.45, 7) is 0. The number of nitrogens with zero attached hydrogens (tertiary/aromatic N) is 1. The third-order valence-corrected chi connectivity index (χ3v) is 18.2. The molecule has 326 valence electrons. The van der Waals surface area contributed by atoms with Crippen molar-refractivity contribution in [1.82, 2.24) is 0 Å². The molecule has 0 aliphatic heterocycles. The summed E-state index contributed by atoms with van der Waals surface area (Å²) in [5, 5.41) is 4.76. The molecule has 4 unspecified atom stereocenters. The number of rotatable bonds is 7. The van der Waals surface area contributed by atoms with Crippen molar-refractivity contribution in [3.8, 4) is 55.6 Å². The molecule has 4 fully saturated rings. The summed E-state index contributed by atoms with van der Waals surface area (Å²) >= 11 is 0. The normalized spacial score (nSPS) is 23.0. The van der Waals surface area contributed by atoms with Gasteiger partial charge < -0.3 is 9.32 Å². The Bertz CT molecular complexity index is 3910. The number of furan rings is 1. The second-order valence-electron chi connectivity index (χ2n) is 20.7. The summed E-state index contributed by atoms with van der Waals surface area (Å²) in [6, 6.07) is 83.6. The summed E-state index contributed by atoms with van der Waals surface area (Å²) in [6.07, 6.45) is 4.27. The Morgan fingerprint density at radius 2 is 0.971 bits per heavy atom. The van der Waals surface area contributed by atoms with E-state index in [0.29, 0.717) is 5.41 Å². The monoisotopic (exact) mass is 881 g/mol. The molecule has 10 aromatic carbocycles. The van der Waals surface area contributed by atoms with Crippen LogP contribution in [0.1, 0.15) is 30.4 Å². The Hall–Kier alpha value is -7.94. The average Bonchev–Trinajstić information content (AvgIpc) is 3.92. The van der Waals surface area contributed by atoms with E-state index in [-0.39, 0.29) is 5.41 Å². The number of para-hydroxylation sites is 4. The van der Waals surface area contributed by atoms with E-state index in [1.54, 1.807) is 11.1 Å². The Labute approximate surface area is 402 Å². The Morgan fingerprint density at radius 3 is 1.77 bits per heavy atom. The van der Waals surface area contributed by atoms with Crippen molar-refractivity contribution in [2.24, 2.45) is 29.1 Å². The molecule has 4 saturated carbocycles. The highest BCUT2D eigenvalue weighted by molar-refractivity contribution is 6.11. The van der Waals surface area contributed by atoms with Crippen molar-refractivity contribution < 1.29 is 4.42 Å². The van der Waals surface area contributed by atoms with Gasteiger partial charge in [-0.1, -0.05) is 188 Å². The van der Waals surface area contributed by atoms with E-state index >= 15 is 0 Å². The van der Waals surface area contributed by atoms with Crippen LogP contribution in [0.4, 0.5) is 17.1 Å². The Balaban J connectivity index is 0.897. The minimum atomic E-state index is 0.139. The minimum absolute atomic E-state index is 0.139. The van der Waals surface area contributed by atoms with Gasteiger partial charge in [0.1, 0.15) is 11.2 Å². The third-order valence-electron chi connectivity index (χ3n) is 18.2. The zero-order valence-electron chi connectivity index (χ0n) is 38.1. The molecule has 2 spiro atoms. The Morgan fingerprint density at radius 1 is 0.391 bits per heavy atom. The zero-order chi connectivity index (χ0) is 45.0. The molecule has 0 radical (unpaired) electrons. The molecule has 2 heteroatoms. The van der Waals surface area contributed by atoms with E-state index < -0.39 is 0 Å². The van der Waals surface area contributed by atoms with Gasteiger partial charge in [0.15, 0.2) is 0 Å². The van der Waals surface area contributed by atoms with Crippen LogP contribution in [-0.2, 0) is 5.41 Å². The molecule has 4 atom stereocenters. The van der Waals surface area contributed by atoms with Crippen molar-refractivity contribution in [3.63, 3.8) is 0 Å². The molecule has 0 saturated heterocycles. The molecule has 5 aliphatic rings. The van der Waals surface area contributed by atoms with Gasteiger partial charge in [-0.05, 0) is 146 Å². The van der Waals surface area contributed by atoms with E-state index in [9.17, 15) is 0 Å². The molecule has 1 aromatic heterocycles. The lowest BCUT2D eigenvalue weighted by Crippen LogP contribution is -2.88. The maximum absolute atomic E-state index is 6.57. The molecule has 0 N–H and O–H groups in total. The van der Waals surface area contributed by atoms with Gasteiger partial charge in [0.25, 0.3) is 0 Å². The molecule has 0 amide bonds. The molecule has 11 aromatic rings. The van der Waals surface area contributed by atoms with Gasteiger partial charge in [0, 0.05) is 38.6 Å². The topological polar surface area (TPSA) is 16.4 Å². The lowest BCUT2D eigenvalue weighted by atomic mass is 9.11. The maximum atomic E-state index is 6.57. The van der Waals surface area contributed by atoms with Crippen LogP contribution in [-0.4, -0.2) is 0 Å². The largest absolute Gasteiger partial charge is 0.455 e. The summed E-state index contributed by atoms with van der Waals surface area (Å²) in [7, 11) is 0. The SMILES string of the molecule is c1ccc(-c2cccc3cccc(-c4ccccc4N(c4ccc(-c5cccc6c5oc5ccccc56)cc4)c4ccccc4-c4ccc5c(c4)C4(c6ccccc6-5)C5CC6CC7CC4C675)c23)cc1. The van der Waals surface area contributed by atoms with Crippen molar-refractivity contribution in [2.45, 2.75) is 24.7 Å². The summed E-state index contributed by atoms with van der Waals surface area (Å²) < 4.78 is 6.57. The van der Waals surface area contributed by atoms with Crippen molar-refractivity contribution >= 4 is 49.8 Å². The van der Waals surface area contributed by atoms with Crippen LogP contribution in [0.15, 0.2) is 229 Å². The van der Waals surface area contributed by atoms with Gasteiger partial charge in [0.05, 0.1) is 11.4 Å². The summed E-state index contributed by atoms with van der Waals surface area (Å²) in [5.74, 6) is 3.48. The fraction of sp³-hybridized carbons (Fsp3) is 0.134. The van der Waals surface area contributed by atoms with Crippen LogP contribution in [0, 0.1) is 29.1 Å². The molecular weight excluding hydrogens is 835 g/mol. The lowest BCUT2D eigenvalue weighted by Gasteiger charge is -2.92. The molecule has 5 aliphatic carbocycles. The fourth-order valence-electron chi connectivity index (χ4n) is 15.5. The quantitative estimate of drug-likeness (QED) is 0.159. The van der Waals surface area contributed by atoms with Crippen LogP contribution in [0.25, 0.3) is 88.3 Å². The fourth-order valence-corrected chi connectivity index (χ4v) is 15.5. The number of fused-ring (bicyclic) bond motifs is 11. The predicted octanol–water partition coefficient (Wildman–Crippen LogP) is 17.8. The lowest BCUT2D eigenvalue weighted by molar-refractivity contribution is -0.412. The van der Waals surface area contributed by atoms with Gasteiger partial charge >= 0.3 is 0 Å². The first-order chi connectivity index (χ1) is 34.2. The number of benzene rings is 10. The predicted molar refractivity (Wildman–Crippen MR) is 284 cm³/mol. The van der Waals surface area contributed by atoms with Crippen LogP contribution >= 0.6 is 0 Å². The molecule has 1 heterocycles. The van der Waals surface area contributed by atoms with E-state index in [1.165, 1.54) is 74.5 Å². The van der Waals surface area contributed by atoms with E-state index in [1.807, 2.05) is 6.07 Å². The highest BCUT2D eigenvalue weighted by Crippen LogP contribution is 2.94. The average molecular weight is 882 g/mol. The van der Waals surface area contributed by atoms with Crippen molar-refractivity contribution in [3.05, 3.63) is 236 Å². The third kappa shape index (κ3) is 4.81. The Kier molecular flexibility index (Phi) is 7.63. The molecule has 16 rings (SSSR count). The first-order valence-electron chi connectivity index (χ1n) is 25.0. The van der Waals surface area contributed by atoms with Crippen molar-refractivity contribution in [1.29, 1.82) is 0 Å². The van der Waals surface area contributed by atoms with Crippen LogP contribution in [0.2, 0.25) is 0 Å². The van der Waals surface area contributed by atoms with Crippen LogP contribution in [0.3, 0.4) is 0 Å². The van der Waals surface area contributed by atoms with Gasteiger partial charge in [0.2, 0.25) is 0 Å². The highest BCUT2D eigenvalue weighted by atomic mass is 16.3. The second-order valence-corrected chi connectivity index (χ2v) is 20.7. The van der Waals surface area contributed by atoms with E-state index in [0.717, 1.165) is 73.8 Å². The number of hydrogen-bond donors (Lipinski definition) is 0. The number of anilines is 3. The smallest absolute Gasteiger partial charge is 0.143 e. The van der Waals surface area contributed by atoms with Crippen molar-refractivity contribution in [2.75, 3.05) is 4.90 Å². The van der Waals surface area contributed by atoms with Gasteiger partial charge in [-0.2, -0.15) is 0 Å². The first kappa shape index (κ1) is 38.1. The summed E-state index contributed by atoms with van der Waals surface area (Å²) in [4.78, 5) is 2.53. The van der Waals surface area contributed by atoms with Crippen LogP contribution < -0.4 is 4.90 Å². The zero-order valence-corrected chi connectivity index (χ0v) is 38.1. The highest BCUT2D eigenvalue weighted by Gasteiger charge is 2.90. The maximum Gasteiger partial charge on any atom is 0.143 e.